The minimum absolute atomic E-state index is 0.211. The smallest absolute Gasteiger partial charge is 0.123 e. The predicted molar refractivity (Wildman–Crippen MR) is 67.6 cm³/mol. The van der Waals surface area contributed by atoms with Crippen LogP contribution in [0.4, 0.5) is 4.39 Å². The summed E-state index contributed by atoms with van der Waals surface area (Å²) in [5.74, 6) is 0.661. The molecule has 17 heavy (non-hydrogen) atoms. The average molecular weight is 230 g/mol. The van der Waals surface area contributed by atoms with Crippen molar-refractivity contribution < 1.29 is 9.13 Å². The van der Waals surface area contributed by atoms with Gasteiger partial charge < -0.3 is 4.74 Å². The fourth-order valence-corrected chi connectivity index (χ4v) is 1.61. The molecule has 2 aromatic rings. The standard InChI is InChI=1S/C15H15FO/c1-2-11-17-15-9-5-13(6-10-15)12-3-7-14(16)8-4-12/h3-10H,2,11H2,1H3. The third kappa shape index (κ3) is 3.06. The van der Waals surface area contributed by atoms with Gasteiger partial charge in [-0.1, -0.05) is 31.2 Å². The van der Waals surface area contributed by atoms with Gasteiger partial charge in [-0.3, -0.25) is 0 Å². The Bertz CT molecular complexity index is 459. The summed E-state index contributed by atoms with van der Waals surface area (Å²) in [6.07, 6.45) is 1.000. The first-order chi connectivity index (χ1) is 8.29. The van der Waals surface area contributed by atoms with Gasteiger partial charge in [0.2, 0.25) is 0 Å². The van der Waals surface area contributed by atoms with Crippen LogP contribution in [0.3, 0.4) is 0 Å². The van der Waals surface area contributed by atoms with Crippen LogP contribution in [0.25, 0.3) is 11.1 Å². The van der Waals surface area contributed by atoms with E-state index in [2.05, 4.69) is 6.92 Å². The summed E-state index contributed by atoms with van der Waals surface area (Å²) in [7, 11) is 0. The van der Waals surface area contributed by atoms with E-state index in [4.69, 9.17) is 4.74 Å². The van der Waals surface area contributed by atoms with E-state index in [1.165, 1.54) is 12.1 Å². The van der Waals surface area contributed by atoms with Gasteiger partial charge in [0.15, 0.2) is 0 Å². The largest absolute Gasteiger partial charge is 0.494 e. The molecular weight excluding hydrogens is 215 g/mol. The molecule has 88 valence electrons. The van der Waals surface area contributed by atoms with E-state index >= 15 is 0 Å². The lowest BCUT2D eigenvalue weighted by molar-refractivity contribution is 0.317. The Balaban J connectivity index is 2.14. The molecule has 0 aromatic heterocycles. The summed E-state index contributed by atoms with van der Waals surface area (Å²) in [6, 6.07) is 14.3. The van der Waals surface area contributed by atoms with Crippen LogP contribution in [-0.4, -0.2) is 6.61 Å². The summed E-state index contributed by atoms with van der Waals surface area (Å²) in [6.45, 7) is 2.81. The maximum absolute atomic E-state index is 12.8. The first-order valence-electron chi connectivity index (χ1n) is 5.78. The van der Waals surface area contributed by atoms with E-state index < -0.39 is 0 Å². The molecule has 2 rings (SSSR count). The quantitative estimate of drug-likeness (QED) is 0.761. The van der Waals surface area contributed by atoms with Crippen LogP contribution in [-0.2, 0) is 0 Å². The van der Waals surface area contributed by atoms with Gasteiger partial charge in [0.1, 0.15) is 11.6 Å². The van der Waals surface area contributed by atoms with Gasteiger partial charge in [-0.25, -0.2) is 4.39 Å². The van der Waals surface area contributed by atoms with Gasteiger partial charge in [-0.15, -0.1) is 0 Å². The van der Waals surface area contributed by atoms with Crippen LogP contribution in [0, 0.1) is 5.82 Å². The molecule has 2 heteroatoms. The van der Waals surface area contributed by atoms with Crippen molar-refractivity contribution in [1.82, 2.24) is 0 Å². The van der Waals surface area contributed by atoms with Crippen LogP contribution in [0.2, 0.25) is 0 Å². The molecular formula is C15H15FO. The number of halogens is 1. The normalized spacial score (nSPS) is 10.2. The second kappa shape index (κ2) is 5.48. The highest BCUT2D eigenvalue weighted by Gasteiger charge is 1.99. The molecule has 0 fully saturated rings. The lowest BCUT2D eigenvalue weighted by Gasteiger charge is -2.06. The molecule has 0 bridgehead atoms. The van der Waals surface area contributed by atoms with Crippen LogP contribution >= 0.6 is 0 Å². The van der Waals surface area contributed by atoms with Crippen molar-refractivity contribution in [3.63, 3.8) is 0 Å². The highest BCUT2D eigenvalue weighted by atomic mass is 19.1. The second-order valence-electron chi connectivity index (χ2n) is 3.88. The predicted octanol–water partition coefficient (Wildman–Crippen LogP) is 4.28. The van der Waals surface area contributed by atoms with E-state index in [0.717, 1.165) is 29.9 Å². The molecule has 0 aliphatic rings. The van der Waals surface area contributed by atoms with Crippen molar-refractivity contribution in [1.29, 1.82) is 0 Å². The van der Waals surface area contributed by atoms with Gasteiger partial charge in [0, 0.05) is 0 Å². The van der Waals surface area contributed by atoms with E-state index in [1.54, 1.807) is 12.1 Å². The van der Waals surface area contributed by atoms with Crippen LogP contribution in [0.15, 0.2) is 48.5 Å². The van der Waals surface area contributed by atoms with Crippen LogP contribution in [0.5, 0.6) is 5.75 Å². The van der Waals surface area contributed by atoms with Crippen molar-refractivity contribution in [2.75, 3.05) is 6.61 Å². The van der Waals surface area contributed by atoms with Crippen LogP contribution in [0.1, 0.15) is 13.3 Å². The minimum atomic E-state index is -0.211. The Morgan fingerprint density at radius 3 is 1.94 bits per heavy atom. The van der Waals surface area contributed by atoms with Gasteiger partial charge in [0.05, 0.1) is 6.61 Å². The zero-order chi connectivity index (χ0) is 12.1. The molecule has 0 radical (unpaired) electrons. The number of ether oxygens (including phenoxy) is 1. The number of hydrogen-bond donors (Lipinski definition) is 0. The monoisotopic (exact) mass is 230 g/mol. The van der Waals surface area contributed by atoms with E-state index in [0.29, 0.717) is 0 Å². The summed E-state index contributed by atoms with van der Waals surface area (Å²) < 4.78 is 18.3. The van der Waals surface area contributed by atoms with Crippen molar-refractivity contribution in [2.24, 2.45) is 0 Å². The lowest BCUT2D eigenvalue weighted by Crippen LogP contribution is -1.94. The van der Waals surface area contributed by atoms with Crippen LogP contribution < -0.4 is 4.74 Å². The van der Waals surface area contributed by atoms with Gasteiger partial charge in [-0.2, -0.15) is 0 Å². The second-order valence-corrected chi connectivity index (χ2v) is 3.88. The van der Waals surface area contributed by atoms with Crippen molar-refractivity contribution in [3.05, 3.63) is 54.3 Å². The number of rotatable bonds is 4. The van der Waals surface area contributed by atoms with E-state index in [9.17, 15) is 4.39 Å². The van der Waals surface area contributed by atoms with Gasteiger partial charge >= 0.3 is 0 Å². The molecule has 0 amide bonds. The van der Waals surface area contributed by atoms with Gasteiger partial charge in [-0.05, 0) is 41.8 Å². The number of hydrogen-bond acceptors (Lipinski definition) is 1. The highest BCUT2D eigenvalue weighted by Crippen LogP contribution is 2.22. The number of benzene rings is 2. The Hall–Kier alpha value is -1.83. The Morgan fingerprint density at radius 1 is 0.882 bits per heavy atom. The maximum Gasteiger partial charge on any atom is 0.123 e. The molecule has 0 saturated heterocycles. The molecule has 2 aromatic carbocycles. The molecule has 0 atom stereocenters. The first kappa shape index (κ1) is 11.6. The average Bonchev–Trinajstić information content (AvgIpc) is 2.38. The highest BCUT2D eigenvalue weighted by molar-refractivity contribution is 5.63. The zero-order valence-electron chi connectivity index (χ0n) is 9.82. The topological polar surface area (TPSA) is 9.23 Å². The molecule has 0 aliphatic carbocycles. The Morgan fingerprint density at radius 2 is 1.41 bits per heavy atom. The van der Waals surface area contributed by atoms with Crippen molar-refractivity contribution in [2.45, 2.75) is 13.3 Å². The summed E-state index contributed by atoms with van der Waals surface area (Å²) in [5, 5.41) is 0. The molecule has 0 spiro atoms. The van der Waals surface area contributed by atoms with E-state index in [1.807, 2.05) is 24.3 Å². The summed E-state index contributed by atoms with van der Waals surface area (Å²) >= 11 is 0. The molecule has 0 N–H and O–H groups in total. The Kier molecular flexibility index (Phi) is 3.76. The molecule has 0 heterocycles. The van der Waals surface area contributed by atoms with Crippen molar-refractivity contribution in [3.8, 4) is 16.9 Å². The minimum Gasteiger partial charge on any atom is -0.494 e. The molecule has 0 aliphatic heterocycles. The third-order valence-electron chi connectivity index (χ3n) is 2.50. The SMILES string of the molecule is CCCOc1ccc(-c2ccc(F)cc2)cc1. The maximum atomic E-state index is 12.8. The summed E-state index contributed by atoms with van der Waals surface area (Å²) in [5.41, 5.74) is 2.07. The Labute approximate surface area is 101 Å². The van der Waals surface area contributed by atoms with E-state index in [-0.39, 0.29) is 5.82 Å². The molecule has 1 nitrogen and oxygen atoms in total. The van der Waals surface area contributed by atoms with Crippen molar-refractivity contribution >= 4 is 0 Å². The summed E-state index contributed by atoms with van der Waals surface area (Å²) in [4.78, 5) is 0. The fraction of sp³-hybridized carbons (Fsp3) is 0.200. The molecule has 0 unspecified atom stereocenters. The third-order valence-corrected chi connectivity index (χ3v) is 2.50. The van der Waals surface area contributed by atoms with Gasteiger partial charge in [0.25, 0.3) is 0 Å². The fourth-order valence-electron chi connectivity index (χ4n) is 1.61. The zero-order valence-corrected chi connectivity index (χ0v) is 9.82. The first-order valence-corrected chi connectivity index (χ1v) is 5.78. The molecule has 0 saturated carbocycles. The lowest BCUT2D eigenvalue weighted by atomic mass is 10.1.